The van der Waals surface area contributed by atoms with E-state index < -0.39 is 11.9 Å². The Balaban J connectivity index is 2.45. The first-order valence-electron chi connectivity index (χ1n) is 7.41. The number of alkyl halides is 3. The molecule has 1 aromatic carbocycles. The van der Waals surface area contributed by atoms with Gasteiger partial charge >= 0.3 is 6.18 Å². The van der Waals surface area contributed by atoms with Crippen LogP contribution < -0.4 is 5.73 Å². The van der Waals surface area contributed by atoms with Crippen LogP contribution in [0, 0.1) is 13.8 Å². The Morgan fingerprint density at radius 2 is 1.68 bits per heavy atom. The molecule has 0 radical (unpaired) electrons. The molecule has 0 aliphatic rings. The molecule has 5 nitrogen and oxygen atoms in total. The highest BCUT2D eigenvalue weighted by atomic mass is 19.4. The number of rotatable bonds is 2. The van der Waals surface area contributed by atoms with Crippen molar-refractivity contribution < 1.29 is 22.8 Å². The lowest BCUT2D eigenvalue weighted by atomic mass is 9.95. The quantitative estimate of drug-likeness (QED) is 0.723. The van der Waals surface area contributed by atoms with Crippen molar-refractivity contribution in [2.24, 2.45) is 7.05 Å². The van der Waals surface area contributed by atoms with Gasteiger partial charge in [0.2, 0.25) is 0 Å². The first-order chi connectivity index (χ1) is 11.6. The molecule has 2 heterocycles. The first kappa shape index (κ1) is 16.9. The number of halogens is 3. The van der Waals surface area contributed by atoms with Crippen LogP contribution >= 0.6 is 0 Å². The molecule has 0 aliphatic carbocycles. The molecule has 3 aromatic rings. The van der Waals surface area contributed by atoms with E-state index in [1.807, 2.05) is 0 Å². The lowest BCUT2D eigenvalue weighted by Gasteiger charge is -2.12. The maximum absolute atomic E-state index is 13.7. The third-order valence-corrected chi connectivity index (χ3v) is 4.15. The van der Waals surface area contributed by atoms with Gasteiger partial charge in [0, 0.05) is 18.2 Å². The number of aromatic nitrogens is 2. The van der Waals surface area contributed by atoms with Crippen LogP contribution in [-0.4, -0.2) is 14.8 Å². The summed E-state index contributed by atoms with van der Waals surface area (Å²) in [5.41, 5.74) is 6.49. The fourth-order valence-electron chi connectivity index (χ4n) is 3.04. The number of benzene rings is 1. The van der Waals surface area contributed by atoms with E-state index in [4.69, 9.17) is 10.3 Å². The third kappa shape index (κ3) is 2.63. The Labute approximate surface area is 141 Å². The normalized spacial score (nSPS) is 11.9. The second kappa shape index (κ2) is 5.58. The number of nitrogens with zero attached hydrogens (tertiary/aromatic N) is 2. The van der Waals surface area contributed by atoms with Crippen molar-refractivity contribution >= 4 is 5.82 Å². The highest BCUT2D eigenvalue weighted by molar-refractivity contribution is 5.94. The van der Waals surface area contributed by atoms with Gasteiger partial charge in [-0.2, -0.15) is 13.2 Å². The van der Waals surface area contributed by atoms with Crippen molar-refractivity contribution in [1.82, 2.24) is 9.72 Å². The van der Waals surface area contributed by atoms with Crippen LogP contribution in [0.15, 0.2) is 28.8 Å². The van der Waals surface area contributed by atoms with E-state index in [1.165, 1.54) is 31.3 Å². The summed E-state index contributed by atoms with van der Waals surface area (Å²) in [6.45, 7) is 3.27. The molecule has 0 aliphatic heterocycles. The van der Waals surface area contributed by atoms with Crippen LogP contribution in [0.1, 0.15) is 17.1 Å². The molecule has 3 N–H and O–H groups in total. The molecule has 0 amide bonds. The predicted molar refractivity (Wildman–Crippen MR) is 86.9 cm³/mol. The Morgan fingerprint density at radius 3 is 2.16 bits per heavy atom. The number of phenols is 1. The molecule has 0 saturated heterocycles. The molecule has 8 heteroatoms. The number of nitrogens with two attached hydrogens (primary N) is 1. The number of aryl methyl sites for hydroxylation is 2. The minimum absolute atomic E-state index is 0.0372. The molecule has 2 aromatic heterocycles. The lowest BCUT2D eigenvalue weighted by Crippen LogP contribution is -2.13. The highest BCUT2D eigenvalue weighted by Crippen LogP contribution is 2.48. The minimum Gasteiger partial charge on any atom is -0.508 e. The van der Waals surface area contributed by atoms with E-state index >= 15 is 0 Å². The molecule has 0 atom stereocenters. The molecule has 25 heavy (non-hydrogen) atoms. The monoisotopic (exact) mass is 351 g/mol. The SMILES string of the molecule is Cc1noc(C)c1-c1c(-c2ccc(O)cc2)c(C(F)(F)F)n(C)c1N. The van der Waals surface area contributed by atoms with E-state index in [-0.39, 0.29) is 28.3 Å². The topological polar surface area (TPSA) is 77.2 Å². The summed E-state index contributed by atoms with van der Waals surface area (Å²) in [4.78, 5) is 0. The largest absolute Gasteiger partial charge is 0.508 e. The van der Waals surface area contributed by atoms with Crippen LogP contribution in [-0.2, 0) is 13.2 Å². The zero-order valence-electron chi connectivity index (χ0n) is 13.8. The summed E-state index contributed by atoms with van der Waals surface area (Å²) in [6.07, 6.45) is -4.62. The van der Waals surface area contributed by atoms with Crippen molar-refractivity contribution in [1.29, 1.82) is 0 Å². The summed E-state index contributed by atoms with van der Waals surface area (Å²) in [6, 6.07) is 5.49. The summed E-state index contributed by atoms with van der Waals surface area (Å²) < 4.78 is 47.3. The molecule has 0 fully saturated rings. The predicted octanol–water partition coefficient (Wildman–Crippen LogP) is 4.27. The second-order valence-electron chi connectivity index (χ2n) is 5.79. The van der Waals surface area contributed by atoms with Gasteiger partial charge in [-0.05, 0) is 31.5 Å². The van der Waals surface area contributed by atoms with Gasteiger partial charge in [-0.25, -0.2) is 0 Å². The van der Waals surface area contributed by atoms with E-state index in [0.29, 0.717) is 17.0 Å². The fourth-order valence-corrected chi connectivity index (χ4v) is 3.04. The van der Waals surface area contributed by atoms with Crippen LogP contribution in [0.5, 0.6) is 5.75 Å². The van der Waals surface area contributed by atoms with Crippen LogP contribution in [0.3, 0.4) is 0 Å². The summed E-state index contributed by atoms with van der Waals surface area (Å²) >= 11 is 0. The van der Waals surface area contributed by atoms with Gasteiger partial charge in [-0.3, -0.25) is 0 Å². The van der Waals surface area contributed by atoms with Gasteiger partial charge in [0.1, 0.15) is 23.0 Å². The molecular weight excluding hydrogens is 335 g/mol. The van der Waals surface area contributed by atoms with Gasteiger partial charge in [-0.1, -0.05) is 17.3 Å². The minimum atomic E-state index is -4.62. The standard InChI is InChI=1S/C17H16F3N3O2/c1-8-12(9(2)25-22-8)14-13(10-4-6-11(24)7-5-10)15(17(18,19)20)23(3)16(14)21/h4-7,24H,21H2,1-3H3. The number of phenolic OH excluding ortho intramolecular Hbond substituents is 1. The van der Waals surface area contributed by atoms with Crippen LogP contribution in [0.4, 0.5) is 19.0 Å². The maximum atomic E-state index is 13.7. The van der Waals surface area contributed by atoms with Gasteiger partial charge in [0.25, 0.3) is 0 Å². The highest BCUT2D eigenvalue weighted by Gasteiger charge is 2.41. The van der Waals surface area contributed by atoms with Crippen molar-refractivity contribution in [2.45, 2.75) is 20.0 Å². The molecule has 132 valence electrons. The molecule has 0 unspecified atom stereocenters. The zero-order chi connectivity index (χ0) is 18.5. The van der Waals surface area contributed by atoms with Gasteiger partial charge < -0.3 is 19.9 Å². The molecule has 0 saturated carbocycles. The van der Waals surface area contributed by atoms with Crippen molar-refractivity contribution in [3.63, 3.8) is 0 Å². The number of anilines is 1. The Kier molecular flexibility index (Phi) is 3.78. The lowest BCUT2D eigenvalue weighted by molar-refractivity contribution is -0.142. The number of hydrogen-bond acceptors (Lipinski definition) is 4. The van der Waals surface area contributed by atoms with Crippen molar-refractivity contribution in [2.75, 3.05) is 5.73 Å². The fraction of sp³-hybridized carbons (Fsp3) is 0.235. The number of nitrogen functional groups attached to an aromatic ring is 1. The smallest absolute Gasteiger partial charge is 0.432 e. The van der Waals surface area contributed by atoms with Crippen LogP contribution in [0.2, 0.25) is 0 Å². The average molecular weight is 351 g/mol. The molecule has 0 spiro atoms. The maximum Gasteiger partial charge on any atom is 0.432 e. The molecule has 0 bridgehead atoms. The van der Waals surface area contributed by atoms with E-state index in [1.54, 1.807) is 13.8 Å². The van der Waals surface area contributed by atoms with Gasteiger partial charge in [-0.15, -0.1) is 0 Å². The summed E-state index contributed by atoms with van der Waals surface area (Å²) in [5, 5.41) is 13.3. The van der Waals surface area contributed by atoms with E-state index in [2.05, 4.69) is 5.16 Å². The van der Waals surface area contributed by atoms with Crippen molar-refractivity contribution in [3.8, 4) is 28.0 Å². The van der Waals surface area contributed by atoms with Gasteiger partial charge in [0.15, 0.2) is 0 Å². The Hall–Kier alpha value is -2.90. The van der Waals surface area contributed by atoms with Gasteiger partial charge in [0.05, 0.1) is 11.3 Å². The molecular formula is C17H16F3N3O2. The molecule has 3 rings (SSSR count). The summed E-state index contributed by atoms with van der Waals surface area (Å²) in [5.74, 6) is 0.299. The second-order valence-corrected chi connectivity index (χ2v) is 5.79. The van der Waals surface area contributed by atoms with E-state index in [9.17, 15) is 18.3 Å². The summed E-state index contributed by atoms with van der Waals surface area (Å²) in [7, 11) is 1.27. The van der Waals surface area contributed by atoms with Crippen LogP contribution in [0.25, 0.3) is 22.3 Å². The Morgan fingerprint density at radius 1 is 1.08 bits per heavy atom. The number of aromatic hydroxyl groups is 1. The average Bonchev–Trinajstić information content (AvgIpc) is 2.98. The number of hydrogen-bond donors (Lipinski definition) is 2. The Bertz CT molecular complexity index is 918. The zero-order valence-corrected chi connectivity index (χ0v) is 13.8. The third-order valence-electron chi connectivity index (χ3n) is 4.15. The first-order valence-corrected chi connectivity index (χ1v) is 7.41. The van der Waals surface area contributed by atoms with Crippen molar-refractivity contribution in [3.05, 3.63) is 41.4 Å². The van der Waals surface area contributed by atoms with E-state index in [0.717, 1.165) is 4.57 Å².